The molecule has 0 radical (unpaired) electrons. The lowest BCUT2D eigenvalue weighted by atomic mass is 9.82. The predicted molar refractivity (Wildman–Crippen MR) is 134 cm³/mol. The second-order valence-corrected chi connectivity index (χ2v) is 9.07. The monoisotopic (exact) mass is 498 g/mol. The molecule has 190 valence electrons. The molecule has 4 rings (SSSR count). The van der Waals surface area contributed by atoms with E-state index in [0.717, 1.165) is 31.2 Å². The predicted octanol–water partition coefficient (Wildman–Crippen LogP) is 8.29. The maximum atomic E-state index is 14.8. The molecule has 3 aromatic carbocycles. The Hall–Kier alpha value is -2.96. The fraction of sp³-hybridized carbons (Fsp3) is 0.333. The van der Waals surface area contributed by atoms with Crippen LogP contribution in [0.1, 0.15) is 60.8 Å². The van der Waals surface area contributed by atoms with E-state index in [4.69, 9.17) is 9.47 Å². The van der Waals surface area contributed by atoms with Crippen molar-refractivity contribution in [1.29, 1.82) is 0 Å². The van der Waals surface area contributed by atoms with E-state index < -0.39 is 23.3 Å². The van der Waals surface area contributed by atoms with Gasteiger partial charge in [0.15, 0.2) is 23.3 Å². The molecule has 1 saturated carbocycles. The fourth-order valence-corrected chi connectivity index (χ4v) is 4.73. The van der Waals surface area contributed by atoms with Crippen LogP contribution in [0.25, 0.3) is 23.3 Å². The summed E-state index contributed by atoms with van der Waals surface area (Å²) < 4.78 is 69.2. The molecule has 0 saturated heterocycles. The number of hydrogen-bond acceptors (Lipinski definition) is 2. The summed E-state index contributed by atoms with van der Waals surface area (Å²) in [6.45, 7) is 2.21. The summed E-state index contributed by atoms with van der Waals surface area (Å²) >= 11 is 0. The third kappa shape index (κ3) is 5.71. The highest BCUT2D eigenvalue weighted by atomic mass is 19.2. The maximum Gasteiger partial charge on any atom is 0.167 e. The molecular formula is C30H30F4O2. The average Bonchev–Trinajstić information content (AvgIpc) is 2.91. The first-order valence-corrected chi connectivity index (χ1v) is 12.3. The van der Waals surface area contributed by atoms with Crippen molar-refractivity contribution in [3.63, 3.8) is 0 Å². The summed E-state index contributed by atoms with van der Waals surface area (Å²) in [6, 6.07) is 13.1. The van der Waals surface area contributed by atoms with Crippen LogP contribution in [-0.2, 0) is 16.1 Å². The van der Waals surface area contributed by atoms with Gasteiger partial charge in [-0.05, 0) is 55.2 Å². The first-order valence-electron chi connectivity index (χ1n) is 12.3. The Morgan fingerprint density at radius 1 is 0.778 bits per heavy atom. The van der Waals surface area contributed by atoms with Crippen LogP contribution in [0.15, 0.2) is 48.5 Å². The average molecular weight is 499 g/mol. The molecule has 0 heterocycles. The molecule has 2 nitrogen and oxygen atoms in total. The highest BCUT2D eigenvalue weighted by molar-refractivity contribution is 5.72. The number of hydrogen-bond donors (Lipinski definition) is 0. The van der Waals surface area contributed by atoms with Crippen molar-refractivity contribution < 1.29 is 27.0 Å². The van der Waals surface area contributed by atoms with E-state index >= 15 is 0 Å². The van der Waals surface area contributed by atoms with E-state index in [1.54, 1.807) is 56.5 Å². The van der Waals surface area contributed by atoms with E-state index in [-0.39, 0.29) is 35.3 Å². The summed E-state index contributed by atoms with van der Waals surface area (Å²) in [5, 5.41) is 0. The third-order valence-electron chi connectivity index (χ3n) is 6.89. The molecule has 36 heavy (non-hydrogen) atoms. The van der Waals surface area contributed by atoms with Crippen LogP contribution in [0.5, 0.6) is 0 Å². The van der Waals surface area contributed by atoms with E-state index in [0.29, 0.717) is 17.7 Å². The Balaban J connectivity index is 1.48. The van der Waals surface area contributed by atoms with Gasteiger partial charge in [-0.1, -0.05) is 60.7 Å². The van der Waals surface area contributed by atoms with Crippen molar-refractivity contribution in [2.24, 2.45) is 0 Å². The van der Waals surface area contributed by atoms with Crippen LogP contribution in [0, 0.1) is 23.3 Å². The Kier molecular flexibility index (Phi) is 8.60. The standard InChI is InChI=1S/C30H30F4O2/c1-3-36-18-23-13-17-26(30(34)28(23)32)20-7-4-19(5-8-20)6-9-22-12-16-25(29(33)27(22)31)21-10-14-24(35-2)15-11-21/h4-9,12-13,16-17,21,24H,3,10-11,14-15,18H2,1-2H3/b9-6+. The Morgan fingerprint density at radius 3 is 2.17 bits per heavy atom. The molecule has 0 aromatic heterocycles. The second kappa shape index (κ2) is 11.8. The minimum absolute atomic E-state index is 0.00468. The number of halogens is 4. The SMILES string of the molecule is CCOCc1ccc(-c2ccc(/C=C/c3ccc(C4CCC(OC)CC4)c(F)c3F)cc2)c(F)c1F. The molecule has 0 amide bonds. The fourth-order valence-electron chi connectivity index (χ4n) is 4.73. The lowest BCUT2D eigenvalue weighted by molar-refractivity contribution is 0.0655. The van der Waals surface area contributed by atoms with Crippen molar-refractivity contribution in [1.82, 2.24) is 0 Å². The Morgan fingerprint density at radius 2 is 1.50 bits per heavy atom. The van der Waals surface area contributed by atoms with Crippen LogP contribution >= 0.6 is 0 Å². The molecule has 0 aliphatic heterocycles. The van der Waals surface area contributed by atoms with Gasteiger partial charge >= 0.3 is 0 Å². The van der Waals surface area contributed by atoms with E-state index in [2.05, 4.69) is 0 Å². The van der Waals surface area contributed by atoms with Gasteiger partial charge in [0, 0.05) is 30.4 Å². The zero-order chi connectivity index (χ0) is 25.7. The highest BCUT2D eigenvalue weighted by Crippen LogP contribution is 2.36. The van der Waals surface area contributed by atoms with Crippen molar-refractivity contribution in [2.45, 2.75) is 51.2 Å². The quantitative estimate of drug-likeness (QED) is 0.230. The van der Waals surface area contributed by atoms with Crippen LogP contribution < -0.4 is 0 Å². The van der Waals surface area contributed by atoms with Gasteiger partial charge in [0.2, 0.25) is 0 Å². The number of methoxy groups -OCH3 is 1. The van der Waals surface area contributed by atoms with E-state index in [1.807, 2.05) is 0 Å². The molecular weight excluding hydrogens is 468 g/mol. The smallest absolute Gasteiger partial charge is 0.167 e. The van der Waals surface area contributed by atoms with Gasteiger partial charge in [-0.3, -0.25) is 0 Å². The van der Waals surface area contributed by atoms with E-state index in [9.17, 15) is 17.6 Å². The second-order valence-electron chi connectivity index (χ2n) is 9.07. The molecule has 1 aliphatic rings. The van der Waals surface area contributed by atoms with Crippen LogP contribution in [0.2, 0.25) is 0 Å². The van der Waals surface area contributed by atoms with Gasteiger partial charge in [0.05, 0.1) is 12.7 Å². The molecule has 1 aliphatic carbocycles. The van der Waals surface area contributed by atoms with Gasteiger partial charge in [-0.25, -0.2) is 17.6 Å². The third-order valence-corrected chi connectivity index (χ3v) is 6.89. The van der Waals surface area contributed by atoms with Crippen LogP contribution in [0.3, 0.4) is 0 Å². The van der Waals surface area contributed by atoms with Crippen molar-refractivity contribution in [3.8, 4) is 11.1 Å². The number of benzene rings is 3. The van der Waals surface area contributed by atoms with Crippen molar-refractivity contribution in [2.75, 3.05) is 13.7 Å². The molecule has 1 fully saturated rings. The van der Waals surface area contributed by atoms with Crippen LogP contribution in [-0.4, -0.2) is 19.8 Å². The lowest BCUT2D eigenvalue weighted by Gasteiger charge is -2.28. The Labute approximate surface area is 209 Å². The Bertz CT molecular complexity index is 1210. The van der Waals surface area contributed by atoms with Crippen LogP contribution in [0.4, 0.5) is 17.6 Å². The zero-order valence-corrected chi connectivity index (χ0v) is 20.5. The van der Waals surface area contributed by atoms with Gasteiger partial charge in [-0.2, -0.15) is 0 Å². The van der Waals surface area contributed by atoms with Crippen molar-refractivity contribution in [3.05, 3.63) is 94.1 Å². The molecule has 3 aromatic rings. The molecule has 0 bridgehead atoms. The number of ether oxygens (including phenoxy) is 2. The van der Waals surface area contributed by atoms with Gasteiger partial charge in [0.1, 0.15) is 0 Å². The normalized spacial score (nSPS) is 18.2. The summed E-state index contributed by atoms with van der Waals surface area (Å²) in [7, 11) is 1.68. The molecule has 0 atom stereocenters. The van der Waals surface area contributed by atoms with Gasteiger partial charge in [0.25, 0.3) is 0 Å². The van der Waals surface area contributed by atoms with Crippen molar-refractivity contribution >= 4 is 12.2 Å². The molecule has 0 unspecified atom stereocenters. The van der Waals surface area contributed by atoms with Gasteiger partial charge < -0.3 is 9.47 Å². The number of rotatable bonds is 8. The molecule has 0 spiro atoms. The molecule has 6 heteroatoms. The lowest BCUT2D eigenvalue weighted by Crippen LogP contribution is -2.20. The highest BCUT2D eigenvalue weighted by Gasteiger charge is 2.26. The summed E-state index contributed by atoms with van der Waals surface area (Å²) in [5.41, 5.74) is 2.12. The summed E-state index contributed by atoms with van der Waals surface area (Å²) in [5.74, 6) is -3.51. The largest absolute Gasteiger partial charge is 0.381 e. The first-order chi connectivity index (χ1) is 17.4. The molecule has 0 N–H and O–H groups in total. The summed E-state index contributed by atoms with van der Waals surface area (Å²) in [6.07, 6.45) is 6.60. The first kappa shape index (κ1) is 26.1. The maximum absolute atomic E-state index is 14.8. The van der Waals surface area contributed by atoms with Gasteiger partial charge in [-0.15, -0.1) is 0 Å². The minimum atomic E-state index is -0.927. The minimum Gasteiger partial charge on any atom is -0.381 e. The summed E-state index contributed by atoms with van der Waals surface area (Å²) in [4.78, 5) is 0. The van der Waals surface area contributed by atoms with E-state index in [1.165, 1.54) is 18.2 Å². The topological polar surface area (TPSA) is 18.5 Å². The zero-order valence-electron chi connectivity index (χ0n) is 20.5.